The van der Waals surface area contributed by atoms with Gasteiger partial charge in [-0.1, -0.05) is 24.3 Å². The molecule has 0 radical (unpaired) electrons. The summed E-state index contributed by atoms with van der Waals surface area (Å²) in [6, 6.07) is 9.87. The van der Waals surface area contributed by atoms with Crippen molar-refractivity contribution in [3.8, 4) is 5.75 Å². The number of carbonyl (C=O) groups excluding carboxylic acids is 1. The summed E-state index contributed by atoms with van der Waals surface area (Å²) >= 11 is 0. The van der Waals surface area contributed by atoms with Crippen LogP contribution in [0, 0.1) is 0 Å². The van der Waals surface area contributed by atoms with Gasteiger partial charge in [0.1, 0.15) is 5.75 Å². The zero-order valence-corrected chi connectivity index (χ0v) is 14.8. The molecule has 0 unspecified atom stereocenters. The van der Waals surface area contributed by atoms with Crippen molar-refractivity contribution in [3.05, 3.63) is 54.1 Å². The van der Waals surface area contributed by atoms with Gasteiger partial charge in [0.05, 0.1) is 22.7 Å². The van der Waals surface area contributed by atoms with E-state index in [1.165, 1.54) is 31.3 Å². The van der Waals surface area contributed by atoms with Crippen LogP contribution in [0.3, 0.4) is 0 Å². The number of sulfonamides is 1. The van der Waals surface area contributed by atoms with E-state index in [2.05, 4.69) is 5.32 Å². The Kier molecular flexibility index (Phi) is 4.77. The van der Waals surface area contributed by atoms with E-state index in [0.29, 0.717) is 6.07 Å². The van der Waals surface area contributed by atoms with Crippen molar-refractivity contribution in [2.24, 2.45) is 0 Å². The van der Waals surface area contributed by atoms with Crippen LogP contribution >= 0.6 is 0 Å². The van der Waals surface area contributed by atoms with Gasteiger partial charge < -0.3 is 10.1 Å². The average molecular weight is 400 g/mol. The molecule has 0 spiro atoms. The zero-order chi connectivity index (χ0) is 19.8. The summed E-state index contributed by atoms with van der Waals surface area (Å²) in [4.78, 5) is 11.1. The first kappa shape index (κ1) is 19.0. The number of likely N-dealkylation sites (N-methyl/N-ethyl adjacent to an activating group) is 1. The van der Waals surface area contributed by atoms with E-state index in [-0.39, 0.29) is 11.4 Å². The van der Waals surface area contributed by atoms with Gasteiger partial charge in [0, 0.05) is 7.05 Å². The van der Waals surface area contributed by atoms with Crippen LogP contribution in [0.25, 0.3) is 0 Å². The molecule has 0 bridgehead atoms. The van der Waals surface area contributed by atoms with Crippen molar-refractivity contribution >= 4 is 21.6 Å². The molecule has 2 aromatic rings. The molecule has 1 heterocycles. The van der Waals surface area contributed by atoms with Crippen LogP contribution in [0.1, 0.15) is 5.56 Å². The lowest BCUT2D eigenvalue weighted by atomic mass is 10.2. The van der Waals surface area contributed by atoms with E-state index in [1.807, 2.05) is 0 Å². The Morgan fingerprint density at radius 1 is 1.15 bits per heavy atom. The molecule has 3 rings (SSSR count). The van der Waals surface area contributed by atoms with Gasteiger partial charge in [0.15, 0.2) is 6.10 Å². The van der Waals surface area contributed by atoms with Crippen LogP contribution in [-0.4, -0.2) is 34.0 Å². The number of ether oxygens (including phenoxy) is 1. The zero-order valence-electron chi connectivity index (χ0n) is 14.0. The highest BCUT2D eigenvalue weighted by atomic mass is 32.2. The van der Waals surface area contributed by atoms with Gasteiger partial charge in [0.2, 0.25) is 0 Å². The third-order valence-corrected chi connectivity index (χ3v) is 5.87. The second-order valence-corrected chi connectivity index (χ2v) is 7.55. The van der Waals surface area contributed by atoms with Gasteiger partial charge in [-0.25, -0.2) is 8.42 Å². The summed E-state index contributed by atoms with van der Waals surface area (Å²) in [5.74, 6) is -0.501. The molecule has 0 aromatic heterocycles. The molecular formula is C17H15F3N2O4S. The van der Waals surface area contributed by atoms with E-state index in [4.69, 9.17) is 4.74 Å². The Morgan fingerprint density at radius 3 is 2.44 bits per heavy atom. The van der Waals surface area contributed by atoms with Gasteiger partial charge in [-0.3, -0.25) is 9.10 Å². The average Bonchev–Trinajstić information content (AvgIpc) is 2.65. The van der Waals surface area contributed by atoms with E-state index >= 15 is 0 Å². The summed E-state index contributed by atoms with van der Waals surface area (Å²) in [5.41, 5.74) is -1.21. The summed E-state index contributed by atoms with van der Waals surface area (Å²) < 4.78 is 72.5. The number of benzene rings is 2. The molecule has 144 valence electrons. The van der Waals surface area contributed by atoms with Crippen LogP contribution in [0.4, 0.5) is 18.9 Å². The number of hydrogen-bond donors (Lipinski definition) is 1. The Hall–Kier alpha value is -2.75. The molecule has 0 aliphatic carbocycles. The maximum Gasteiger partial charge on any atom is 0.417 e. The van der Waals surface area contributed by atoms with Crippen LogP contribution in [0.15, 0.2) is 53.4 Å². The maximum absolute atomic E-state index is 13.3. The van der Waals surface area contributed by atoms with Crippen molar-refractivity contribution in [1.82, 2.24) is 5.32 Å². The number of hydrogen-bond acceptors (Lipinski definition) is 4. The molecular weight excluding hydrogens is 385 g/mol. The number of nitrogens with zero attached hydrogens (tertiary/aromatic N) is 1. The van der Waals surface area contributed by atoms with Crippen LogP contribution in [0.2, 0.25) is 0 Å². The Morgan fingerprint density at radius 2 is 1.78 bits per heavy atom. The minimum Gasteiger partial charge on any atom is -0.476 e. The van der Waals surface area contributed by atoms with Gasteiger partial charge >= 0.3 is 6.18 Å². The minimum atomic E-state index is -4.85. The first-order valence-electron chi connectivity index (χ1n) is 7.82. The number of rotatable bonds is 3. The fourth-order valence-electron chi connectivity index (χ4n) is 2.77. The molecule has 1 amide bonds. The summed E-state index contributed by atoms with van der Waals surface area (Å²) in [7, 11) is -3.26. The van der Waals surface area contributed by atoms with Crippen molar-refractivity contribution in [2.75, 3.05) is 17.9 Å². The molecule has 10 heteroatoms. The monoisotopic (exact) mass is 400 g/mol. The molecule has 2 aromatic carbocycles. The SMILES string of the molecule is CNC(=O)[C@@H]1CN(S(=O)(=O)c2ccccc2C(F)(F)F)c2ccccc2O1. The van der Waals surface area contributed by atoms with Gasteiger partial charge in [0.25, 0.3) is 15.9 Å². The minimum absolute atomic E-state index is 0.0645. The highest BCUT2D eigenvalue weighted by Gasteiger charge is 2.42. The quantitative estimate of drug-likeness (QED) is 0.859. The third kappa shape index (κ3) is 3.44. The lowest BCUT2D eigenvalue weighted by molar-refractivity contribution is -0.139. The number of nitrogens with one attached hydrogen (secondary N) is 1. The number of amides is 1. The summed E-state index contributed by atoms with van der Waals surface area (Å²) in [6.45, 7) is -0.453. The first-order chi connectivity index (χ1) is 12.7. The summed E-state index contributed by atoms with van der Waals surface area (Å²) in [6.07, 6.45) is -6.05. The lowest BCUT2D eigenvalue weighted by Gasteiger charge is -2.35. The second kappa shape index (κ2) is 6.76. The van der Waals surface area contributed by atoms with Crippen molar-refractivity contribution in [2.45, 2.75) is 17.2 Å². The number of alkyl halides is 3. The second-order valence-electron chi connectivity index (χ2n) is 5.72. The van der Waals surface area contributed by atoms with E-state index in [1.54, 1.807) is 6.07 Å². The topological polar surface area (TPSA) is 75.7 Å². The van der Waals surface area contributed by atoms with E-state index in [0.717, 1.165) is 16.4 Å². The Bertz CT molecular complexity index is 976. The molecule has 1 aliphatic rings. The highest BCUT2D eigenvalue weighted by Crippen LogP contribution is 2.40. The van der Waals surface area contributed by atoms with Crippen molar-refractivity contribution < 1.29 is 31.1 Å². The van der Waals surface area contributed by atoms with Crippen molar-refractivity contribution in [3.63, 3.8) is 0 Å². The normalized spacial score (nSPS) is 17.0. The number of para-hydroxylation sites is 2. The fraction of sp³-hybridized carbons (Fsp3) is 0.235. The molecule has 0 saturated heterocycles. The molecule has 1 atom stereocenters. The Balaban J connectivity index is 2.16. The standard InChI is InChI=1S/C17H15F3N2O4S/c1-21-16(23)14-10-22(12-7-3-4-8-13(12)26-14)27(24,25)15-9-5-2-6-11(15)17(18,19)20/h2-9,14H,10H2,1H3,(H,21,23)/t14-/m0/s1. The van der Waals surface area contributed by atoms with Crippen LogP contribution < -0.4 is 14.4 Å². The molecule has 1 aliphatic heterocycles. The fourth-order valence-corrected chi connectivity index (χ4v) is 4.46. The predicted molar refractivity (Wildman–Crippen MR) is 90.9 cm³/mol. The third-order valence-electron chi connectivity index (χ3n) is 4.03. The predicted octanol–water partition coefficient (Wildman–Crippen LogP) is 2.41. The van der Waals surface area contributed by atoms with E-state index < -0.39 is 45.2 Å². The number of anilines is 1. The molecule has 27 heavy (non-hydrogen) atoms. The number of fused-ring (bicyclic) bond motifs is 1. The summed E-state index contributed by atoms with van der Waals surface area (Å²) in [5, 5.41) is 2.35. The van der Waals surface area contributed by atoms with Crippen LogP contribution in [-0.2, 0) is 21.0 Å². The van der Waals surface area contributed by atoms with Gasteiger partial charge in [-0.05, 0) is 24.3 Å². The lowest BCUT2D eigenvalue weighted by Crippen LogP contribution is -2.50. The van der Waals surface area contributed by atoms with Gasteiger partial charge in [-0.15, -0.1) is 0 Å². The number of halogens is 3. The number of carbonyl (C=O) groups is 1. The van der Waals surface area contributed by atoms with Gasteiger partial charge in [-0.2, -0.15) is 13.2 Å². The first-order valence-corrected chi connectivity index (χ1v) is 9.26. The highest BCUT2D eigenvalue weighted by molar-refractivity contribution is 7.93. The van der Waals surface area contributed by atoms with E-state index in [9.17, 15) is 26.4 Å². The maximum atomic E-state index is 13.3. The van der Waals surface area contributed by atoms with Crippen LogP contribution in [0.5, 0.6) is 5.75 Å². The Labute approximate surface area is 153 Å². The molecule has 1 N–H and O–H groups in total. The molecule has 0 fully saturated rings. The largest absolute Gasteiger partial charge is 0.476 e. The molecule has 6 nitrogen and oxygen atoms in total. The van der Waals surface area contributed by atoms with Crippen molar-refractivity contribution in [1.29, 1.82) is 0 Å². The smallest absolute Gasteiger partial charge is 0.417 e. The molecule has 0 saturated carbocycles.